The maximum atomic E-state index is 10.8. The lowest BCUT2D eigenvalue weighted by Gasteiger charge is -2.13. The lowest BCUT2D eigenvalue weighted by molar-refractivity contribution is -0.481. The Balaban J connectivity index is 2.44. The van der Waals surface area contributed by atoms with Gasteiger partial charge in [-0.1, -0.05) is 42.5 Å². The molecule has 0 saturated heterocycles. The van der Waals surface area contributed by atoms with Crippen molar-refractivity contribution in [1.82, 2.24) is 0 Å². The van der Waals surface area contributed by atoms with E-state index < -0.39 is 15.8 Å². The molecule has 0 spiro atoms. The summed E-state index contributed by atoms with van der Waals surface area (Å²) in [6.07, 6.45) is 0. The molecule has 0 radical (unpaired) electrons. The third-order valence-electron chi connectivity index (χ3n) is 3.02. The first-order valence-electron chi connectivity index (χ1n) is 5.99. The lowest BCUT2D eigenvalue weighted by Crippen LogP contribution is -2.14. The van der Waals surface area contributed by atoms with Crippen LogP contribution in [0.5, 0.6) is 0 Å². The maximum absolute atomic E-state index is 10.8. The summed E-state index contributed by atoms with van der Waals surface area (Å²) >= 11 is 0. The molecule has 0 heterocycles. The molecule has 6 nitrogen and oxygen atoms in total. The zero-order valence-corrected chi connectivity index (χ0v) is 10.5. The smallest absolute Gasteiger partial charge is 0.265 e. The van der Waals surface area contributed by atoms with Crippen LogP contribution in [-0.2, 0) is 0 Å². The monoisotopic (exact) mass is 272 g/mol. The fraction of sp³-hybridized carbons (Fsp3) is 0.143. The fourth-order valence-corrected chi connectivity index (χ4v) is 2.09. The van der Waals surface area contributed by atoms with Crippen molar-refractivity contribution in [2.45, 2.75) is 5.92 Å². The van der Waals surface area contributed by atoms with Crippen molar-refractivity contribution in [3.05, 3.63) is 86.0 Å². The molecule has 20 heavy (non-hydrogen) atoms. The van der Waals surface area contributed by atoms with Crippen LogP contribution in [0.3, 0.4) is 0 Å². The highest BCUT2D eigenvalue weighted by Crippen LogP contribution is 2.27. The van der Waals surface area contributed by atoms with E-state index in [0.29, 0.717) is 5.56 Å². The Bertz CT molecular complexity index is 628. The predicted octanol–water partition coefficient (Wildman–Crippen LogP) is 3.00. The second-order valence-corrected chi connectivity index (χ2v) is 4.33. The molecule has 2 rings (SSSR count). The van der Waals surface area contributed by atoms with Crippen molar-refractivity contribution < 1.29 is 9.85 Å². The minimum Gasteiger partial charge on any atom is -0.265 e. The van der Waals surface area contributed by atoms with Gasteiger partial charge in [0.05, 0.1) is 10.8 Å². The van der Waals surface area contributed by atoms with Gasteiger partial charge < -0.3 is 0 Å². The zero-order chi connectivity index (χ0) is 14.5. The van der Waals surface area contributed by atoms with Crippen molar-refractivity contribution in [3.8, 4) is 0 Å². The topological polar surface area (TPSA) is 86.3 Å². The van der Waals surface area contributed by atoms with Gasteiger partial charge in [-0.25, -0.2) is 0 Å². The molecule has 0 amide bonds. The Hall–Kier alpha value is -2.76. The summed E-state index contributed by atoms with van der Waals surface area (Å²) in [5.41, 5.74) is 1.28. The Kier molecular flexibility index (Phi) is 4.05. The molecule has 0 aliphatic rings. The van der Waals surface area contributed by atoms with Crippen molar-refractivity contribution in [2.75, 3.05) is 6.54 Å². The Morgan fingerprint density at radius 2 is 1.55 bits per heavy atom. The molecule has 0 unspecified atom stereocenters. The fourth-order valence-electron chi connectivity index (χ4n) is 2.09. The van der Waals surface area contributed by atoms with E-state index in [2.05, 4.69) is 0 Å². The van der Waals surface area contributed by atoms with E-state index in [4.69, 9.17) is 0 Å². The number of benzene rings is 2. The normalized spacial score (nSPS) is 11.8. The van der Waals surface area contributed by atoms with Crippen molar-refractivity contribution >= 4 is 5.69 Å². The Morgan fingerprint density at radius 3 is 2.15 bits per heavy atom. The molecule has 0 N–H and O–H groups in total. The first-order chi connectivity index (χ1) is 9.58. The SMILES string of the molecule is O=[N+]([O-])C[C@H](c1ccccc1)c1cccc([N+](=O)[O-])c1. The second kappa shape index (κ2) is 5.92. The van der Waals surface area contributed by atoms with Gasteiger partial charge in [-0.05, 0) is 11.1 Å². The van der Waals surface area contributed by atoms with Gasteiger partial charge in [-0.2, -0.15) is 0 Å². The zero-order valence-electron chi connectivity index (χ0n) is 10.5. The van der Waals surface area contributed by atoms with Crippen LogP contribution in [-0.4, -0.2) is 16.4 Å². The molecular weight excluding hydrogens is 260 g/mol. The van der Waals surface area contributed by atoms with Gasteiger partial charge >= 0.3 is 0 Å². The molecule has 6 heteroatoms. The van der Waals surface area contributed by atoms with Crippen LogP contribution in [0, 0.1) is 20.2 Å². The summed E-state index contributed by atoms with van der Waals surface area (Å²) in [6, 6.07) is 15.0. The van der Waals surface area contributed by atoms with Crippen LogP contribution >= 0.6 is 0 Å². The summed E-state index contributed by atoms with van der Waals surface area (Å²) < 4.78 is 0. The van der Waals surface area contributed by atoms with Crippen molar-refractivity contribution in [2.24, 2.45) is 0 Å². The van der Waals surface area contributed by atoms with Crippen LogP contribution in [0.1, 0.15) is 17.0 Å². The van der Waals surface area contributed by atoms with Gasteiger partial charge in [0.15, 0.2) is 0 Å². The summed E-state index contributed by atoms with van der Waals surface area (Å²) in [6.45, 7) is -0.300. The van der Waals surface area contributed by atoms with E-state index in [1.54, 1.807) is 36.4 Å². The minimum atomic E-state index is -0.502. The van der Waals surface area contributed by atoms with Gasteiger partial charge in [-0.15, -0.1) is 0 Å². The van der Waals surface area contributed by atoms with Crippen molar-refractivity contribution in [3.63, 3.8) is 0 Å². The number of nitro benzene ring substituents is 1. The third kappa shape index (κ3) is 3.17. The Labute approximate surface area is 115 Å². The van der Waals surface area contributed by atoms with Crippen LogP contribution in [0.2, 0.25) is 0 Å². The van der Waals surface area contributed by atoms with E-state index >= 15 is 0 Å². The summed E-state index contributed by atoms with van der Waals surface area (Å²) in [5.74, 6) is -0.494. The van der Waals surface area contributed by atoms with E-state index in [1.165, 1.54) is 12.1 Å². The van der Waals surface area contributed by atoms with Gasteiger partial charge in [0.25, 0.3) is 5.69 Å². The predicted molar refractivity (Wildman–Crippen MR) is 73.2 cm³/mol. The first kappa shape index (κ1) is 13.7. The number of hydrogen-bond acceptors (Lipinski definition) is 4. The molecule has 0 bridgehead atoms. The lowest BCUT2D eigenvalue weighted by atomic mass is 9.91. The standard InChI is InChI=1S/C14H12N2O4/c17-15(18)10-14(11-5-2-1-3-6-11)12-7-4-8-13(9-12)16(19)20/h1-9,14H,10H2/t14-/m1/s1. The summed E-state index contributed by atoms with van der Waals surface area (Å²) in [7, 11) is 0. The van der Waals surface area contributed by atoms with Gasteiger partial charge in [0, 0.05) is 17.1 Å². The van der Waals surface area contributed by atoms with Crippen LogP contribution < -0.4 is 0 Å². The summed E-state index contributed by atoms with van der Waals surface area (Å²) in [5, 5.41) is 21.7. The van der Waals surface area contributed by atoms with Gasteiger partial charge in [-0.3, -0.25) is 20.2 Å². The molecule has 102 valence electrons. The Morgan fingerprint density at radius 1 is 0.900 bits per heavy atom. The maximum Gasteiger partial charge on any atom is 0.269 e. The molecule has 0 saturated carbocycles. The summed E-state index contributed by atoms with van der Waals surface area (Å²) in [4.78, 5) is 20.7. The third-order valence-corrected chi connectivity index (χ3v) is 3.02. The van der Waals surface area contributed by atoms with Gasteiger partial charge in [0.1, 0.15) is 0 Å². The van der Waals surface area contributed by atoms with Crippen LogP contribution in [0.25, 0.3) is 0 Å². The average Bonchev–Trinajstić information content (AvgIpc) is 2.45. The van der Waals surface area contributed by atoms with E-state index in [9.17, 15) is 20.2 Å². The number of nitro groups is 2. The molecular formula is C14H12N2O4. The van der Waals surface area contributed by atoms with E-state index in [1.807, 2.05) is 6.07 Å². The largest absolute Gasteiger partial charge is 0.269 e. The molecule has 2 aromatic carbocycles. The number of hydrogen-bond donors (Lipinski definition) is 0. The van der Waals surface area contributed by atoms with Crippen molar-refractivity contribution in [1.29, 1.82) is 0 Å². The highest BCUT2D eigenvalue weighted by Gasteiger charge is 2.21. The second-order valence-electron chi connectivity index (χ2n) is 4.33. The molecule has 0 aliphatic carbocycles. The first-order valence-corrected chi connectivity index (χ1v) is 5.99. The molecule has 1 atom stereocenters. The molecule has 0 aliphatic heterocycles. The number of rotatable bonds is 5. The minimum absolute atomic E-state index is 0.0632. The van der Waals surface area contributed by atoms with E-state index in [0.717, 1.165) is 5.56 Å². The van der Waals surface area contributed by atoms with Gasteiger partial charge in [0.2, 0.25) is 6.54 Å². The average molecular weight is 272 g/mol. The quantitative estimate of drug-likeness (QED) is 0.618. The highest BCUT2D eigenvalue weighted by molar-refractivity contribution is 5.40. The van der Waals surface area contributed by atoms with Crippen LogP contribution in [0.15, 0.2) is 54.6 Å². The van der Waals surface area contributed by atoms with E-state index in [-0.39, 0.29) is 12.2 Å². The molecule has 0 aromatic heterocycles. The molecule has 2 aromatic rings. The molecule has 0 fully saturated rings. The number of nitrogens with zero attached hydrogens (tertiary/aromatic N) is 2. The number of non-ortho nitro benzene ring substituents is 1. The highest BCUT2D eigenvalue weighted by atomic mass is 16.6. The van der Waals surface area contributed by atoms with Crippen LogP contribution in [0.4, 0.5) is 5.69 Å².